The molecule has 2 heterocycles. The number of benzene rings is 2. The van der Waals surface area contributed by atoms with Crippen LogP contribution < -0.4 is 5.32 Å². The lowest BCUT2D eigenvalue weighted by Gasteiger charge is -2.52. The SMILES string of the molecule is O=C1CCC(N2C(=O)c3cccc(NCc4ccc(CN5CC6(CCCCC6)C5)cc4)c3C2=O)C(=O)C1. The minimum atomic E-state index is -0.857. The van der Waals surface area contributed by atoms with Crippen molar-refractivity contribution in [3.8, 4) is 0 Å². The summed E-state index contributed by atoms with van der Waals surface area (Å²) in [5.74, 6) is -1.41. The van der Waals surface area contributed by atoms with Gasteiger partial charge in [0.2, 0.25) is 0 Å². The van der Waals surface area contributed by atoms with E-state index in [0.717, 1.165) is 17.0 Å². The van der Waals surface area contributed by atoms with E-state index in [9.17, 15) is 19.2 Å². The fourth-order valence-electron chi connectivity index (χ4n) is 6.72. The second kappa shape index (κ2) is 9.53. The molecule has 0 bridgehead atoms. The Labute approximate surface area is 217 Å². The van der Waals surface area contributed by atoms with Gasteiger partial charge in [-0.05, 0) is 47.9 Å². The van der Waals surface area contributed by atoms with Gasteiger partial charge >= 0.3 is 0 Å². The first-order valence-corrected chi connectivity index (χ1v) is 13.5. The molecule has 2 aromatic rings. The van der Waals surface area contributed by atoms with Crippen molar-refractivity contribution >= 4 is 29.1 Å². The molecule has 7 heteroatoms. The molecule has 4 aliphatic rings. The Bertz CT molecular complexity index is 1250. The van der Waals surface area contributed by atoms with Gasteiger partial charge in [0, 0.05) is 38.3 Å². The molecule has 6 rings (SSSR count). The van der Waals surface area contributed by atoms with Gasteiger partial charge in [0.1, 0.15) is 5.78 Å². The summed E-state index contributed by atoms with van der Waals surface area (Å²) in [5.41, 5.74) is 4.18. The lowest BCUT2D eigenvalue weighted by atomic mass is 9.68. The fraction of sp³-hybridized carbons (Fsp3) is 0.467. The number of ketones is 2. The molecule has 7 nitrogen and oxygen atoms in total. The van der Waals surface area contributed by atoms with Gasteiger partial charge < -0.3 is 5.32 Å². The minimum absolute atomic E-state index is 0.135. The van der Waals surface area contributed by atoms with E-state index in [1.165, 1.54) is 50.8 Å². The van der Waals surface area contributed by atoms with Crippen molar-refractivity contribution < 1.29 is 19.2 Å². The number of amides is 2. The average molecular weight is 500 g/mol. The third-order valence-corrected chi connectivity index (χ3v) is 8.64. The third kappa shape index (κ3) is 4.50. The van der Waals surface area contributed by atoms with Crippen molar-refractivity contribution in [1.29, 1.82) is 0 Å². The summed E-state index contributed by atoms with van der Waals surface area (Å²) in [6, 6.07) is 12.9. The van der Waals surface area contributed by atoms with E-state index in [4.69, 9.17) is 0 Å². The summed E-state index contributed by atoms with van der Waals surface area (Å²) in [7, 11) is 0. The predicted molar refractivity (Wildman–Crippen MR) is 139 cm³/mol. The Morgan fingerprint density at radius 3 is 2.32 bits per heavy atom. The molecule has 1 unspecified atom stereocenters. The molecule has 3 fully saturated rings. The summed E-state index contributed by atoms with van der Waals surface area (Å²) >= 11 is 0. The van der Waals surface area contributed by atoms with Crippen molar-refractivity contribution in [3.05, 3.63) is 64.7 Å². The number of carbonyl (C=O) groups is 4. The highest BCUT2D eigenvalue weighted by atomic mass is 16.2. The number of nitrogens with one attached hydrogen (secondary N) is 1. The Hall–Kier alpha value is -3.32. The molecular formula is C30H33N3O4. The van der Waals surface area contributed by atoms with Crippen molar-refractivity contribution in [1.82, 2.24) is 9.80 Å². The number of carbonyl (C=O) groups excluding carboxylic acids is 4. The number of Topliss-reactive ketones (excluding diaryl/α,β-unsaturated/α-hetero) is 2. The van der Waals surface area contributed by atoms with Crippen LogP contribution in [0.15, 0.2) is 42.5 Å². The molecule has 2 aliphatic carbocycles. The van der Waals surface area contributed by atoms with E-state index < -0.39 is 17.9 Å². The van der Waals surface area contributed by atoms with Crippen molar-refractivity contribution in [2.24, 2.45) is 5.41 Å². The van der Waals surface area contributed by atoms with Crippen LogP contribution in [-0.4, -0.2) is 52.3 Å². The zero-order valence-electron chi connectivity index (χ0n) is 21.1. The standard InChI is InChI=1S/C30H33N3O4/c34-22-11-12-25(26(35)15-22)33-28(36)23-5-4-6-24(27(23)29(33)37)31-16-20-7-9-21(10-8-20)17-32-18-30(19-32)13-2-1-3-14-30/h4-10,25,31H,1-3,11-19H2. The molecule has 2 saturated carbocycles. The Morgan fingerprint density at radius 2 is 1.59 bits per heavy atom. The van der Waals surface area contributed by atoms with E-state index in [2.05, 4.69) is 34.5 Å². The van der Waals surface area contributed by atoms with Crippen LogP contribution in [0.4, 0.5) is 5.69 Å². The molecule has 1 saturated heterocycles. The number of likely N-dealkylation sites (tertiary alicyclic amines) is 1. The monoisotopic (exact) mass is 499 g/mol. The molecule has 1 N–H and O–H groups in total. The van der Waals surface area contributed by atoms with Crippen LogP contribution in [0, 0.1) is 5.41 Å². The van der Waals surface area contributed by atoms with E-state index >= 15 is 0 Å². The van der Waals surface area contributed by atoms with Crippen LogP contribution in [0.3, 0.4) is 0 Å². The maximum atomic E-state index is 13.3. The zero-order chi connectivity index (χ0) is 25.6. The number of anilines is 1. The van der Waals surface area contributed by atoms with Gasteiger partial charge in [-0.15, -0.1) is 0 Å². The number of nitrogens with zero attached hydrogens (tertiary/aromatic N) is 2. The number of imide groups is 1. The number of fused-ring (bicyclic) bond motifs is 1. The van der Waals surface area contributed by atoms with Gasteiger partial charge in [-0.3, -0.25) is 29.0 Å². The molecule has 0 radical (unpaired) electrons. The maximum absolute atomic E-state index is 13.3. The highest BCUT2D eigenvalue weighted by Crippen LogP contribution is 2.44. The third-order valence-electron chi connectivity index (χ3n) is 8.64. The quantitative estimate of drug-likeness (QED) is 0.470. The summed E-state index contributed by atoms with van der Waals surface area (Å²) in [6.45, 7) is 3.95. The Morgan fingerprint density at radius 1 is 0.865 bits per heavy atom. The first kappa shape index (κ1) is 24.0. The maximum Gasteiger partial charge on any atom is 0.264 e. The van der Waals surface area contributed by atoms with Gasteiger partial charge in [0.15, 0.2) is 5.78 Å². The second-order valence-corrected chi connectivity index (χ2v) is 11.3. The van der Waals surface area contributed by atoms with E-state index in [-0.39, 0.29) is 30.8 Å². The minimum Gasteiger partial charge on any atom is -0.380 e. The summed E-state index contributed by atoms with van der Waals surface area (Å²) in [4.78, 5) is 54.0. The lowest BCUT2D eigenvalue weighted by Crippen LogP contribution is -2.56. The largest absolute Gasteiger partial charge is 0.380 e. The van der Waals surface area contributed by atoms with Crippen LogP contribution in [0.1, 0.15) is 83.2 Å². The highest BCUT2D eigenvalue weighted by Gasteiger charge is 2.45. The molecule has 37 heavy (non-hydrogen) atoms. The Kier molecular flexibility index (Phi) is 6.19. The summed E-state index contributed by atoms with van der Waals surface area (Å²) < 4.78 is 0. The predicted octanol–water partition coefficient (Wildman–Crippen LogP) is 4.35. The first-order chi connectivity index (χ1) is 17.9. The van der Waals surface area contributed by atoms with Crippen LogP contribution in [0.25, 0.3) is 0 Å². The molecule has 0 aromatic heterocycles. The first-order valence-electron chi connectivity index (χ1n) is 13.5. The van der Waals surface area contributed by atoms with Gasteiger partial charge in [-0.2, -0.15) is 0 Å². The fourth-order valence-corrected chi connectivity index (χ4v) is 6.72. The number of hydrogen-bond donors (Lipinski definition) is 1. The van der Waals surface area contributed by atoms with Crippen molar-refractivity contribution in [3.63, 3.8) is 0 Å². The van der Waals surface area contributed by atoms with Crippen molar-refractivity contribution in [2.75, 3.05) is 18.4 Å². The lowest BCUT2D eigenvalue weighted by molar-refractivity contribution is -0.132. The van der Waals surface area contributed by atoms with Crippen LogP contribution >= 0.6 is 0 Å². The summed E-state index contributed by atoms with van der Waals surface area (Å²) in [5, 5.41) is 3.33. The number of rotatable bonds is 6. The normalized spacial score (nSPS) is 23.4. The van der Waals surface area contributed by atoms with E-state index in [1.54, 1.807) is 18.2 Å². The molecule has 1 spiro atoms. The second-order valence-electron chi connectivity index (χ2n) is 11.3. The van der Waals surface area contributed by atoms with Crippen molar-refractivity contribution in [2.45, 2.75) is 70.5 Å². The topological polar surface area (TPSA) is 86.8 Å². The smallest absolute Gasteiger partial charge is 0.264 e. The molecule has 2 aromatic carbocycles. The van der Waals surface area contributed by atoms with Gasteiger partial charge in [0.25, 0.3) is 11.8 Å². The van der Waals surface area contributed by atoms with Crippen LogP contribution in [0.5, 0.6) is 0 Å². The molecule has 1 atom stereocenters. The van der Waals surface area contributed by atoms with Crippen LogP contribution in [-0.2, 0) is 22.7 Å². The highest BCUT2D eigenvalue weighted by molar-refractivity contribution is 6.25. The number of hydrogen-bond acceptors (Lipinski definition) is 6. The van der Waals surface area contributed by atoms with Crippen LogP contribution in [0.2, 0.25) is 0 Å². The molecule has 2 amide bonds. The van der Waals surface area contributed by atoms with E-state index in [1.807, 2.05) is 0 Å². The summed E-state index contributed by atoms with van der Waals surface area (Å²) in [6.07, 6.45) is 7.15. The zero-order valence-corrected chi connectivity index (χ0v) is 21.1. The molecule has 192 valence electrons. The van der Waals surface area contributed by atoms with Gasteiger partial charge in [-0.25, -0.2) is 0 Å². The van der Waals surface area contributed by atoms with Gasteiger partial charge in [-0.1, -0.05) is 49.6 Å². The average Bonchev–Trinajstić information content (AvgIpc) is 3.14. The van der Waals surface area contributed by atoms with Gasteiger partial charge in [0.05, 0.1) is 23.6 Å². The van der Waals surface area contributed by atoms with E-state index in [0.29, 0.717) is 28.8 Å². The Balaban J connectivity index is 1.09. The molecule has 2 aliphatic heterocycles. The molecular weight excluding hydrogens is 466 g/mol.